The Labute approximate surface area is 82.3 Å². The van der Waals surface area contributed by atoms with Gasteiger partial charge in [0.05, 0.1) is 0 Å². The Hall–Kier alpha value is -0.0400. The predicted octanol–water partition coefficient (Wildman–Crippen LogP) is 3.10. The molecule has 0 radical (unpaired) electrons. The first-order valence-electron chi connectivity index (χ1n) is 6.11. The maximum atomic E-state index is 3.69. The van der Waals surface area contributed by atoms with E-state index in [0.717, 1.165) is 6.04 Å². The summed E-state index contributed by atoms with van der Waals surface area (Å²) in [6.07, 6.45) is 11.7. The van der Waals surface area contributed by atoms with Gasteiger partial charge in [-0.3, -0.25) is 0 Å². The van der Waals surface area contributed by atoms with Crippen molar-refractivity contribution in [3.8, 4) is 0 Å². The molecule has 0 aromatic rings. The van der Waals surface area contributed by atoms with Crippen LogP contribution in [0.4, 0.5) is 0 Å². The fourth-order valence-corrected chi connectivity index (χ4v) is 3.49. The smallest absolute Gasteiger partial charge is 0.0121 e. The molecule has 1 unspecified atom stereocenters. The van der Waals surface area contributed by atoms with E-state index in [2.05, 4.69) is 12.2 Å². The molecule has 1 aliphatic heterocycles. The van der Waals surface area contributed by atoms with Crippen LogP contribution >= 0.6 is 0 Å². The van der Waals surface area contributed by atoms with Gasteiger partial charge in [-0.1, -0.05) is 32.6 Å². The Kier molecular flexibility index (Phi) is 2.92. The third-order valence-electron chi connectivity index (χ3n) is 4.26. The molecule has 0 aromatic heterocycles. The van der Waals surface area contributed by atoms with Gasteiger partial charge in [0.1, 0.15) is 0 Å². The average molecular weight is 181 g/mol. The summed E-state index contributed by atoms with van der Waals surface area (Å²) in [6.45, 7) is 3.62. The Morgan fingerprint density at radius 1 is 1.08 bits per heavy atom. The van der Waals surface area contributed by atoms with Crippen molar-refractivity contribution in [2.45, 2.75) is 64.3 Å². The molecule has 2 aliphatic rings. The van der Waals surface area contributed by atoms with E-state index in [-0.39, 0.29) is 0 Å². The number of nitrogens with one attached hydrogen (secondary N) is 1. The Bertz CT molecular complexity index is 157. The van der Waals surface area contributed by atoms with Crippen LogP contribution in [0.3, 0.4) is 0 Å². The molecule has 0 aromatic carbocycles. The molecule has 0 bridgehead atoms. The summed E-state index contributed by atoms with van der Waals surface area (Å²) in [6, 6.07) is 0.839. The van der Waals surface area contributed by atoms with Crippen LogP contribution in [-0.2, 0) is 0 Å². The zero-order chi connectivity index (χ0) is 9.15. The lowest BCUT2D eigenvalue weighted by Crippen LogP contribution is -2.35. The SMILES string of the molecule is CCC1NCCC12CCCCCC2. The summed E-state index contributed by atoms with van der Waals surface area (Å²) in [5, 5.41) is 3.69. The standard InChI is InChI=1S/C12H23N/c1-2-11-12(9-10-13-11)7-5-3-4-6-8-12/h11,13H,2-10H2,1H3. The third kappa shape index (κ3) is 1.76. The van der Waals surface area contributed by atoms with Gasteiger partial charge in [0.25, 0.3) is 0 Å². The topological polar surface area (TPSA) is 12.0 Å². The molecule has 1 heteroatoms. The summed E-state index contributed by atoms with van der Waals surface area (Å²) >= 11 is 0. The van der Waals surface area contributed by atoms with Crippen molar-refractivity contribution < 1.29 is 0 Å². The van der Waals surface area contributed by atoms with Gasteiger partial charge in [-0.15, -0.1) is 0 Å². The minimum Gasteiger partial charge on any atom is -0.313 e. The van der Waals surface area contributed by atoms with Crippen LogP contribution in [0.25, 0.3) is 0 Å². The minimum absolute atomic E-state index is 0.714. The van der Waals surface area contributed by atoms with Crippen molar-refractivity contribution in [3.63, 3.8) is 0 Å². The van der Waals surface area contributed by atoms with E-state index in [0.29, 0.717) is 5.41 Å². The molecule has 76 valence electrons. The van der Waals surface area contributed by atoms with Crippen LogP contribution < -0.4 is 5.32 Å². The van der Waals surface area contributed by atoms with Gasteiger partial charge in [-0.2, -0.15) is 0 Å². The zero-order valence-electron chi connectivity index (χ0n) is 8.94. The molecule has 1 nitrogen and oxygen atoms in total. The maximum absolute atomic E-state index is 3.69. The van der Waals surface area contributed by atoms with E-state index in [1.807, 2.05) is 0 Å². The highest BCUT2D eigenvalue weighted by atomic mass is 15.0. The molecule has 2 fully saturated rings. The van der Waals surface area contributed by atoms with Crippen molar-refractivity contribution in [1.29, 1.82) is 0 Å². The fourth-order valence-electron chi connectivity index (χ4n) is 3.49. The molecule has 1 atom stereocenters. The van der Waals surface area contributed by atoms with Crippen LogP contribution in [0, 0.1) is 5.41 Å². The van der Waals surface area contributed by atoms with Crippen LogP contribution in [0.5, 0.6) is 0 Å². The summed E-state index contributed by atoms with van der Waals surface area (Å²) in [7, 11) is 0. The predicted molar refractivity (Wildman–Crippen MR) is 56.8 cm³/mol. The number of hydrogen-bond donors (Lipinski definition) is 1. The van der Waals surface area contributed by atoms with Crippen molar-refractivity contribution in [3.05, 3.63) is 0 Å². The lowest BCUT2D eigenvalue weighted by molar-refractivity contribution is 0.206. The Morgan fingerprint density at radius 3 is 2.38 bits per heavy atom. The highest BCUT2D eigenvalue weighted by Gasteiger charge is 2.40. The van der Waals surface area contributed by atoms with E-state index >= 15 is 0 Å². The Morgan fingerprint density at radius 2 is 1.77 bits per heavy atom. The van der Waals surface area contributed by atoms with E-state index in [1.165, 1.54) is 57.9 Å². The maximum Gasteiger partial charge on any atom is 0.0121 e. The number of hydrogen-bond acceptors (Lipinski definition) is 1. The van der Waals surface area contributed by atoms with Crippen LogP contribution in [0.1, 0.15) is 58.3 Å². The largest absolute Gasteiger partial charge is 0.313 e. The second-order valence-corrected chi connectivity index (χ2v) is 4.94. The van der Waals surface area contributed by atoms with Gasteiger partial charge in [0, 0.05) is 6.04 Å². The van der Waals surface area contributed by atoms with Crippen molar-refractivity contribution in [1.82, 2.24) is 5.32 Å². The minimum atomic E-state index is 0.714. The van der Waals surface area contributed by atoms with Gasteiger partial charge in [-0.25, -0.2) is 0 Å². The molecule has 2 rings (SSSR count). The first-order valence-corrected chi connectivity index (χ1v) is 6.11. The quantitative estimate of drug-likeness (QED) is 0.655. The van der Waals surface area contributed by atoms with Crippen LogP contribution in [-0.4, -0.2) is 12.6 Å². The van der Waals surface area contributed by atoms with E-state index in [1.54, 1.807) is 0 Å². The third-order valence-corrected chi connectivity index (χ3v) is 4.26. The molecule has 1 saturated heterocycles. The van der Waals surface area contributed by atoms with E-state index in [9.17, 15) is 0 Å². The Balaban J connectivity index is 2.06. The highest BCUT2D eigenvalue weighted by molar-refractivity contribution is 4.96. The molecule has 13 heavy (non-hydrogen) atoms. The molecule has 1 heterocycles. The summed E-state index contributed by atoms with van der Waals surface area (Å²) in [4.78, 5) is 0. The van der Waals surface area contributed by atoms with Gasteiger partial charge in [0.2, 0.25) is 0 Å². The first kappa shape index (κ1) is 9.51. The van der Waals surface area contributed by atoms with Gasteiger partial charge < -0.3 is 5.32 Å². The molecule has 1 saturated carbocycles. The number of rotatable bonds is 1. The van der Waals surface area contributed by atoms with Crippen LogP contribution in [0.2, 0.25) is 0 Å². The first-order chi connectivity index (χ1) is 6.37. The van der Waals surface area contributed by atoms with Crippen molar-refractivity contribution in [2.75, 3.05) is 6.54 Å². The van der Waals surface area contributed by atoms with E-state index in [4.69, 9.17) is 0 Å². The zero-order valence-corrected chi connectivity index (χ0v) is 8.94. The van der Waals surface area contributed by atoms with Gasteiger partial charge in [0.15, 0.2) is 0 Å². The molecule has 0 amide bonds. The van der Waals surface area contributed by atoms with E-state index < -0.39 is 0 Å². The fraction of sp³-hybridized carbons (Fsp3) is 1.00. The van der Waals surface area contributed by atoms with Crippen molar-refractivity contribution >= 4 is 0 Å². The summed E-state index contributed by atoms with van der Waals surface area (Å²) in [5.74, 6) is 0. The summed E-state index contributed by atoms with van der Waals surface area (Å²) in [5.41, 5.74) is 0.714. The molecular weight excluding hydrogens is 158 g/mol. The molecule has 1 aliphatic carbocycles. The second-order valence-electron chi connectivity index (χ2n) is 4.94. The lowest BCUT2D eigenvalue weighted by atomic mass is 9.73. The van der Waals surface area contributed by atoms with Crippen LogP contribution in [0.15, 0.2) is 0 Å². The molecule has 1 spiro atoms. The molecular formula is C12H23N. The van der Waals surface area contributed by atoms with Gasteiger partial charge >= 0.3 is 0 Å². The van der Waals surface area contributed by atoms with Gasteiger partial charge in [-0.05, 0) is 37.6 Å². The monoisotopic (exact) mass is 181 g/mol. The average Bonchev–Trinajstić information content (AvgIpc) is 2.37. The summed E-state index contributed by atoms with van der Waals surface area (Å²) < 4.78 is 0. The normalized spacial score (nSPS) is 33.5. The highest BCUT2D eigenvalue weighted by Crippen LogP contribution is 2.44. The second kappa shape index (κ2) is 4.00. The lowest BCUT2D eigenvalue weighted by Gasteiger charge is -2.33. The molecule has 1 N–H and O–H groups in total. The van der Waals surface area contributed by atoms with Crippen molar-refractivity contribution in [2.24, 2.45) is 5.41 Å².